The zero-order valence-corrected chi connectivity index (χ0v) is 21.6. The Bertz CT molecular complexity index is 1290. The van der Waals surface area contributed by atoms with Crippen LogP contribution < -0.4 is 0 Å². The Hall–Kier alpha value is -3.01. The van der Waals surface area contributed by atoms with Crippen LogP contribution >= 0.6 is 23.1 Å². The number of nitrogens with zero attached hydrogens (tertiary/aromatic N) is 6. The number of thioether (sulfide) groups is 1. The van der Waals surface area contributed by atoms with Crippen molar-refractivity contribution in [2.75, 3.05) is 26.2 Å². The van der Waals surface area contributed by atoms with Crippen molar-refractivity contribution in [3.8, 4) is 5.69 Å². The molecule has 0 radical (unpaired) electrons. The summed E-state index contributed by atoms with van der Waals surface area (Å²) in [4.78, 5) is 22.0. The van der Waals surface area contributed by atoms with Gasteiger partial charge in [0.05, 0.1) is 11.4 Å². The Morgan fingerprint density at radius 3 is 2.49 bits per heavy atom. The summed E-state index contributed by atoms with van der Waals surface area (Å²) in [5, 5.41) is 12.3. The summed E-state index contributed by atoms with van der Waals surface area (Å²) in [6.07, 6.45) is 0. The highest BCUT2D eigenvalue weighted by molar-refractivity contribution is 7.98. The first kappa shape index (κ1) is 23.7. The van der Waals surface area contributed by atoms with Gasteiger partial charge in [-0.2, -0.15) is 0 Å². The van der Waals surface area contributed by atoms with Gasteiger partial charge < -0.3 is 4.90 Å². The van der Waals surface area contributed by atoms with Crippen LogP contribution in [0.2, 0.25) is 0 Å². The molecule has 2 aromatic carbocycles. The molecule has 1 aliphatic rings. The number of piperazine rings is 1. The van der Waals surface area contributed by atoms with E-state index >= 15 is 0 Å². The van der Waals surface area contributed by atoms with E-state index < -0.39 is 0 Å². The number of aryl methyl sites for hydroxylation is 2. The predicted molar refractivity (Wildman–Crippen MR) is 140 cm³/mol. The molecule has 1 saturated heterocycles. The van der Waals surface area contributed by atoms with Crippen molar-refractivity contribution in [2.45, 2.75) is 31.3 Å². The highest BCUT2D eigenvalue weighted by Crippen LogP contribution is 2.28. The molecule has 35 heavy (non-hydrogen) atoms. The SMILES string of the molecule is Cc1ccccc1-n1c(C)nnc1SCc1nc(C(=O)N2CCN(Cc3ccccc3)CC2)cs1. The Balaban J connectivity index is 1.18. The van der Waals surface area contributed by atoms with Gasteiger partial charge >= 0.3 is 0 Å². The van der Waals surface area contributed by atoms with E-state index in [0.29, 0.717) is 11.4 Å². The zero-order chi connectivity index (χ0) is 24.2. The van der Waals surface area contributed by atoms with Crippen molar-refractivity contribution in [2.24, 2.45) is 0 Å². The largest absolute Gasteiger partial charge is 0.335 e. The van der Waals surface area contributed by atoms with Gasteiger partial charge in [-0.3, -0.25) is 14.3 Å². The lowest BCUT2D eigenvalue weighted by Crippen LogP contribution is -2.48. The molecule has 4 aromatic rings. The third-order valence-electron chi connectivity index (χ3n) is 6.16. The van der Waals surface area contributed by atoms with Crippen molar-refractivity contribution in [3.63, 3.8) is 0 Å². The Morgan fingerprint density at radius 2 is 1.71 bits per heavy atom. The number of hydrogen-bond acceptors (Lipinski definition) is 7. The van der Waals surface area contributed by atoms with E-state index in [1.165, 1.54) is 22.5 Å². The third kappa shape index (κ3) is 5.47. The molecule has 9 heteroatoms. The summed E-state index contributed by atoms with van der Waals surface area (Å²) in [5.74, 6) is 1.52. The Labute approximate surface area is 213 Å². The molecule has 0 aliphatic carbocycles. The van der Waals surface area contributed by atoms with Gasteiger partial charge in [0, 0.05) is 38.1 Å². The Kier molecular flexibility index (Phi) is 7.26. The van der Waals surface area contributed by atoms with Crippen molar-refractivity contribution in [3.05, 3.63) is 87.6 Å². The van der Waals surface area contributed by atoms with Crippen molar-refractivity contribution in [1.82, 2.24) is 29.5 Å². The number of carbonyl (C=O) groups excluding carboxylic acids is 1. The second kappa shape index (κ2) is 10.7. The zero-order valence-electron chi connectivity index (χ0n) is 19.9. The molecule has 180 valence electrons. The van der Waals surface area contributed by atoms with Crippen LogP contribution in [0.15, 0.2) is 65.1 Å². The standard InChI is InChI=1S/C26H28N6OS2/c1-19-8-6-7-11-23(19)32-20(2)28-29-26(32)35-18-24-27-22(17-34-24)25(33)31-14-12-30(13-15-31)16-21-9-4-3-5-10-21/h3-11,17H,12-16,18H2,1-2H3. The first-order valence-corrected chi connectivity index (χ1v) is 13.6. The van der Waals surface area contributed by atoms with Crippen molar-refractivity contribution < 1.29 is 4.79 Å². The Morgan fingerprint density at radius 1 is 0.971 bits per heavy atom. The predicted octanol–water partition coefficient (Wildman–Crippen LogP) is 4.59. The van der Waals surface area contributed by atoms with Crippen LogP contribution in [0.1, 0.15) is 32.4 Å². The van der Waals surface area contributed by atoms with Crippen LogP contribution in [-0.2, 0) is 12.3 Å². The molecule has 1 aliphatic heterocycles. The average molecular weight is 505 g/mol. The van der Waals surface area contributed by atoms with Gasteiger partial charge in [-0.1, -0.05) is 60.3 Å². The maximum Gasteiger partial charge on any atom is 0.273 e. The van der Waals surface area contributed by atoms with E-state index in [9.17, 15) is 4.79 Å². The first-order chi connectivity index (χ1) is 17.1. The molecule has 1 fully saturated rings. The summed E-state index contributed by atoms with van der Waals surface area (Å²) >= 11 is 3.12. The van der Waals surface area contributed by atoms with E-state index in [1.807, 2.05) is 35.4 Å². The lowest BCUT2D eigenvalue weighted by atomic mass is 10.2. The van der Waals surface area contributed by atoms with Gasteiger partial charge in [-0.05, 0) is 31.0 Å². The fourth-order valence-electron chi connectivity index (χ4n) is 4.24. The van der Waals surface area contributed by atoms with Gasteiger partial charge in [-0.25, -0.2) is 4.98 Å². The molecule has 7 nitrogen and oxygen atoms in total. The molecule has 1 amide bonds. The molecule has 5 rings (SSSR count). The second-order valence-corrected chi connectivity index (χ2v) is 10.5. The summed E-state index contributed by atoms with van der Waals surface area (Å²) in [6, 6.07) is 18.7. The molecule has 0 atom stereocenters. The minimum absolute atomic E-state index is 0.0239. The lowest BCUT2D eigenvalue weighted by Gasteiger charge is -2.34. The van der Waals surface area contributed by atoms with E-state index in [0.717, 1.165) is 54.4 Å². The van der Waals surface area contributed by atoms with E-state index in [2.05, 4.69) is 68.0 Å². The van der Waals surface area contributed by atoms with E-state index in [1.54, 1.807) is 11.8 Å². The highest BCUT2D eigenvalue weighted by Gasteiger charge is 2.24. The van der Waals surface area contributed by atoms with Gasteiger partial charge in [0.25, 0.3) is 5.91 Å². The van der Waals surface area contributed by atoms with Crippen molar-refractivity contribution in [1.29, 1.82) is 0 Å². The number of para-hydroxylation sites is 1. The molecular formula is C26H28N6OS2. The molecular weight excluding hydrogens is 476 g/mol. The fraction of sp³-hybridized carbons (Fsp3) is 0.308. The number of amides is 1. The second-order valence-electron chi connectivity index (χ2n) is 8.62. The minimum Gasteiger partial charge on any atom is -0.335 e. The van der Waals surface area contributed by atoms with Gasteiger partial charge in [-0.15, -0.1) is 21.5 Å². The molecule has 0 saturated carbocycles. The molecule has 0 N–H and O–H groups in total. The normalized spacial score (nSPS) is 14.4. The maximum atomic E-state index is 13.1. The number of carbonyl (C=O) groups is 1. The van der Waals surface area contributed by atoms with Gasteiger partial charge in [0.2, 0.25) is 0 Å². The molecule has 0 spiro atoms. The quantitative estimate of drug-likeness (QED) is 0.343. The van der Waals surface area contributed by atoms with Gasteiger partial charge in [0.1, 0.15) is 16.5 Å². The average Bonchev–Trinajstić information content (AvgIpc) is 3.50. The summed E-state index contributed by atoms with van der Waals surface area (Å²) in [7, 11) is 0. The third-order valence-corrected chi connectivity index (χ3v) is 8.13. The van der Waals surface area contributed by atoms with Crippen LogP contribution in [0.5, 0.6) is 0 Å². The van der Waals surface area contributed by atoms with Crippen LogP contribution in [0.25, 0.3) is 5.69 Å². The van der Waals surface area contributed by atoms with E-state index in [4.69, 9.17) is 0 Å². The smallest absolute Gasteiger partial charge is 0.273 e. The lowest BCUT2D eigenvalue weighted by molar-refractivity contribution is 0.0623. The van der Waals surface area contributed by atoms with E-state index in [-0.39, 0.29) is 5.91 Å². The number of hydrogen-bond donors (Lipinski definition) is 0. The van der Waals surface area contributed by atoms with Gasteiger partial charge in [0.15, 0.2) is 5.16 Å². The maximum absolute atomic E-state index is 13.1. The number of thiazole rings is 1. The number of rotatable bonds is 7. The van der Waals surface area contributed by atoms with Crippen LogP contribution in [0, 0.1) is 13.8 Å². The van der Waals surface area contributed by atoms with Crippen LogP contribution in [0.4, 0.5) is 0 Å². The van der Waals surface area contributed by atoms with Crippen LogP contribution in [-0.4, -0.2) is 61.6 Å². The minimum atomic E-state index is 0.0239. The monoisotopic (exact) mass is 504 g/mol. The molecule has 2 aromatic heterocycles. The van der Waals surface area contributed by atoms with Crippen molar-refractivity contribution >= 4 is 29.0 Å². The number of aromatic nitrogens is 4. The molecule has 0 bridgehead atoms. The first-order valence-electron chi connectivity index (χ1n) is 11.7. The summed E-state index contributed by atoms with van der Waals surface area (Å²) in [6.45, 7) is 8.18. The molecule has 3 heterocycles. The topological polar surface area (TPSA) is 67.2 Å². The molecule has 0 unspecified atom stereocenters. The number of benzene rings is 2. The summed E-state index contributed by atoms with van der Waals surface area (Å²) in [5.41, 5.74) is 4.10. The van der Waals surface area contributed by atoms with Crippen LogP contribution in [0.3, 0.4) is 0 Å². The highest BCUT2D eigenvalue weighted by atomic mass is 32.2. The fourth-order valence-corrected chi connectivity index (χ4v) is 6.02. The summed E-state index contributed by atoms with van der Waals surface area (Å²) < 4.78 is 2.08.